The molecule has 1 N–H and O–H groups in total. The van der Waals surface area contributed by atoms with E-state index >= 15 is 0 Å². The van der Waals surface area contributed by atoms with E-state index in [2.05, 4.69) is 0 Å². The number of ether oxygens (including phenoxy) is 5. The van der Waals surface area contributed by atoms with Crippen molar-refractivity contribution >= 4 is 5.78 Å². The zero-order valence-electron chi connectivity index (χ0n) is 14.5. The summed E-state index contributed by atoms with van der Waals surface area (Å²) in [6.07, 6.45) is 0. The Morgan fingerprint density at radius 1 is 0.880 bits per heavy atom. The number of phenols is 1. The normalized spacial score (nSPS) is 10.1. The van der Waals surface area contributed by atoms with Crippen LogP contribution in [0, 0.1) is 0 Å². The predicted octanol–water partition coefficient (Wildman–Crippen LogP) is 2.69. The van der Waals surface area contributed by atoms with Crippen molar-refractivity contribution in [3.05, 3.63) is 35.9 Å². The molecule has 0 unspecified atom stereocenters. The molecule has 0 bridgehead atoms. The van der Waals surface area contributed by atoms with Gasteiger partial charge in [0.25, 0.3) is 0 Å². The number of carbonyl (C=O) groups is 1. The van der Waals surface area contributed by atoms with Crippen LogP contribution >= 0.6 is 0 Å². The number of carbonyl (C=O) groups excluding carboxylic acids is 1. The van der Waals surface area contributed by atoms with E-state index in [1.165, 1.54) is 40.6 Å². The van der Waals surface area contributed by atoms with Crippen LogP contribution in [0.4, 0.5) is 0 Å². The minimum absolute atomic E-state index is 0.137. The van der Waals surface area contributed by atoms with E-state index in [1.807, 2.05) is 0 Å². The molecule has 2 rings (SSSR count). The molecule has 0 aromatic heterocycles. The maximum atomic E-state index is 12.5. The quantitative estimate of drug-likeness (QED) is 0.734. The predicted molar refractivity (Wildman–Crippen MR) is 90.6 cm³/mol. The third-order valence-electron chi connectivity index (χ3n) is 3.53. The fourth-order valence-corrected chi connectivity index (χ4v) is 2.23. The molecule has 2 aromatic rings. The molecule has 0 aliphatic rings. The number of Topliss-reactive ketones (excluding diaryl/α,β-unsaturated/α-hetero) is 1. The van der Waals surface area contributed by atoms with E-state index in [-0.39, 0.29) is 35.2 Å². The second-order valence-corrected chi connectivity index (χ2v) is 4.93. The van der Waals surface area contributed by atoms with E-state index in [4.69, 9.17) is 23.7 Å². The third kappa shape index (κ3) is 3.88. The molecule has 0 amide bonds. The Labute approximate surface area is 145 Å². The highest BCUT2D eigenvalue weighted by atomic mass is 16.5. The fourth-order valence-electron chi connectivity index (χ4n) is 2.23. The second-order valence-electron chi connectivity index (χ2n) is 4.93. The average Bonchev–Trinajstić information content (AvgIpc) is 2.65. The number of phenolic OH excluding ortho intramolecular Hbond substituents is 1. The Bertz CT molecular complexity index is 708. The Morgan fingerprint density at radius 3 is 1.80 bits per heavy atom. The van der Waals surface area contributed by atoms with Gasteiger partial charge in [-0.2, -0.15) is 0 Å². The van der Waals surface area contributed by atoms with Gasteiger partial charge in [-0.1, -0.05) is 6.07 Å². The van der Waals surface area contributed by atoms with Crippen LogP contribution in [0.5, 0.6) is 34.5 Å². The molecule has 0 aliphatic heterocycles. The van der Waals surface area contributed by atoms with Gasteiger partial charge in [0.1, 0.15) is 0 Å². The second kappa shape index (κ2) is 8.14. The first-order valence-corrected chi connectivity index (χ1v) is 7.37. The molecule has 0 saturated carbocycles. The van der Waals surface area contributed by atoms with Crippen LogP contribution in [0.25, 0.3) is 0 Å². The van der Waals surface area contributed by atoms with Crippen LogP contribution in [-0.4, -0.2) is 45.9 Å². The van der Waals surface area contributed by atoms with Gasteiger partial charge in [-0.25, -0.2) is 0 Å². The first-order chi connectivity index (χ1) is 12.0. The van der Waals surface area contributed by atoms with Crippen molar-refractivity contribution in [2.45, 2.75) is 0 Å². The lowest BCUT2D eigenvalue weighted by Crippen LogP contribution is -2.13. The average molecular weight is 348 g/mol. The number of rotatable bonds is 8. The molecule has 0 heterocycles. The van der Waals surface area contributed by atoms with Crippen molar-refractivity contribution < 1.29 is 33.6 Å². The summed E-state index contributed by atoms with van der Waals surface area (Å²) in [5.41, 5.74) is 0.278. The zero-order valence-corrected chi connectivity index (χ0v) is 14.5. The number of methoxy groups -OCH3 is 4. The fraction of sp³-hybridized carbons (Fsp3) is 0.278. The summed E-state index contributed by atoms with van der Waals surface area (Å²) in [6, 6.07) is 8.00. The maximum Gasteiger partial charge on any atom is 0.203 e. The number of aromatic hydroxyl groups is 1. The Balaban J connectivity index is 2.24. The van der Waals surface area contributed by atoms with Crippen LogP contribution < -0.4 is 23.7 Å². The van der Waals surface area contributed by atoms with Crippen LogP contribution in [0.2, 0.25) is 0 Å². The van der Waals surface area contributed by atoms with E-state index in [1.54, 1.807) is 18.2 Å². The van der Waals surface area contributed by atoms with Gasteiger partial charge < -0.3 is 28.8 Å². The van der Waals surface area contributed by atoms with Gasteiger partial charge in [0.05, 0.1) is 28.4 Å². The number of hydrogen-bond acceptors (Lipinski definition) is 7. The number of hydrogen-bond donors (Lipinski definition) is 1. The molecule has 0 radical (unpaired) electrons. The molecular weight excluding hydrogens is 328 g/mol. The molecular formula is C18H20O7. The van der Waals surface area contributed by atoms with E-state index in [0.29, 0.717) is 17.2 Å². The van der Waals surface area contributed by atoms with Gasteiger partial charge in [-0.15, -0.1) is 0 Å². The highest BCUT2D eigenvalue weighted by Gasteiger charge is 2.18. The number of benzene rings is 2. The number of ketones is 1. The molecule has 2 aromatic carbocycles. The smallest absolute Gasteiger partial charge is 0.203 e. The summed E-state index contributed by atoms with van der Waals surface area (Å²) >= 11 is 0. The van der Waals surface area contributed by atoms with Crippen molar-refractivity contribution in [2.24, 2.45) is 0 Å². The summed E-state index contributed by atoms with van der Waals surface area (Å²) in [4.78, 5) is 12.5. The maximum absolute atomic E-state index is 12.5. The molecule has 7 heteroatoms. The van der Waals surface area contributed by atoms with E-state index in [0.717, 1.165) is 0 Å². The molecule has 0 aliphatic carbocycles. The van der Waals surface area contributed by atoms with Gasteiger partial charge in [0.2, 0.25) is 11.5 Å². The van der Waals surface area contributed by atoms with Gasteiger partial charge >= 0.3 is 0 Å². The van der Waals surface area contributed by atoms with Crippen molar-refractivity contribution in [1.82, 2.24) is 0 Å². The summed E-state index contributed by atoms with van der Waals surface area (Å²) in [6.45, 7) is -0.256. The lowest BCUT2D eigenvalue weighted by atomic mass is 10.1. The van der Waals surface area contributed by atoms with Gasteiger partial charge in [0.15, 0.2) is 35.4 Å². The topological polar surface area (TPSA) is 83.5 Å². The van der Waals surface area contributed by atoms with Crippen molar-refractivity contribution in [3.63, 3.8) is 0 Å². The van der Waals surface area contributed by atoms with Crippen molar-refractivity contribution in [2.75, 3.05) is 35.0 Å². The van der Waals surface area contributed by atoms with Crippen molar-refractivity contribution in [1.29, 1.82) is 0 Å². The van der Waals surface area contributed by atoms with Gasteiger partial charge in [-0.3, -0.25) is 4.79 Å². The SMILES string of the molecule is COc1cc(C(=O)COc2c(OC)cccc2OC)cc(OC)c1O. The molecule has 0 atom stereocenters. The first kappa shape index (κ1) is 18.3. The molecule has 134 valence electrons. The lowest BCUT2D eigenvalue weighted by Gasteiger charge is -2.14. The minimum atomic E-state index is -0.329. The molecule has 0 fully saturated rings. The zero-order chi connectivity index (χ0) is 18.4. The first-order valence-electron chi connectivity index (χ1n) is 7.37. The standard InChI is InChI=1S/C18H20O7/c1-21-13-6-5-7-14(22-2)18(13)25-10-12(19)11-8-15(23-3)17(20)16(9-11)24-4/h5-9,20H,10H2,1-4H3. The van der Waals surface area contributed by atoms with Crippen LogP contribution in [0.15, 0.2) is 30.3 Å². The van der Waals surface area contributed by atoms with E-state index < -0.39 is 0 Å². The summed E-state index contributed by atoms with van der Waals surface area (Å²) in [5.74, 6) is 1.01. The molecule has 0 saturated heterocycles. The Morgan fingerprint density at radius 2 is 1.36 bits per heavy atom. The van der Waals surface area contributed by atoms with Gasteiger partial charge in [-0.05, 0) is 24.3 Å². The highest BCUT2D eigenvalue weighted by Crippen LogP contribution is 2.38. The molecule has 7 nitrogen and oxygen atoms in total. The van der Waals surface area contributed by atoms with Crippen LogP contribution in [0.3, 0.4) is 0 Å². The Hall–Kier alpha value is -3.09. The summed E-state index contributed by atoms with van der Waals surface area (Å²) in [5, 5.41) is 9.91. The summed E-state index contributed by atoms with van der Waals surface area (Å²) in [7, 11) is 5.77. The van der Waals surface area contributed by atoms with Gasteiger partial charge in [0, 0.05) is 5.56 Å². The monoisotopic (exact) mass is 348 g/mol. The van der Waals surface area contributed by atoms with E-state index in [9.17, 15) is 9.90 Å². The highest BCUT2D eigenvalue weighted by molar-refractivity contribution is 5.98. The number of para-hydroxylation sites is 1. The third-order valence-corrected chi connectivity index (χ3v) is 3.53. The molecule has 0 spiro atoms. The lowest BCUT2D eigenvalue weighted by molar-refractivity contribution is 0.0916. The molecule has 25 heavy (non-hydrogen) atoms. The minimum Gasteiger partial charge on any atom is -0.502 e. The van der Waals surface area contributed by atoms with Crippen LogP contribution in [0.1, 0.15) is 10.4 Å². The largest absolute Gasteiger partial charge is 0.502 e. The summed E-state index contributed by atoms with van der Waals surface area (Å²) < 4.78 is 26.2. The van der Waals surface area contributed by atoms with Crippen LogP contribution in [-0.2, 0) is 0 Å². The Kier molecular flexibility index (Phi) is 5.94. The van der Waals surface area contributed by atoms with Crippen molar-refractivity contribution in [3.8, 4) is 34.5 Å².